The topological polar surface area (TPSA) is 48.8 Å². The van der Waals surface area contributed by atoms with Gasteiger partial charge >= 0.3 is 6.03 Å². The Balaban J connectivity index is 1.36. The van der Waals surface area contributed by atoms with Crippen LogP contribution in [-0.2, 0) is 0 Å². The monoisotopic (exact) mass is 437 g/mol. The van der Waals surface area contributed by atoms with Crippen LogP contribution in [-0.4, -0.2) is 45.3 Å². The summed E-state index contributed by atoms with van der Waals surface area (Å²) in [6.45, 7) is 5.80. The van der Waals surface area contributed by atoms with Crippen LogP contribution in [0.1, 0.15) is 0 Å². The normalized spacial score (nSPS) is 14.9. The molecule has 2 aromatic rings. The average molecular weight is 439 g/mol. The molecule has 0 radical (unpaired) electrons. The maximum atomic E-state index is 11.9. The lowest BCUT2D eigenvalue weighted by Crippen LogP contribution is -3.15. The minimum Gasteiger partial charge on any atom is -0.360 e. The molecule has 1 fully saturated rings. The predicted octanol–water partition coefficient (Wildman–Crippen LogP) is 2.63. The van der Waals surface area contributed by atoms with E-state index in [4.69, 9.17) is 11.6 Å². The van der Waals surface area contributed by atoms with Gasteiger partial charge in [0.2, 0.25) is 0 Å². The Bertz CT molecular complexity index is 733. The highest BCUT2D eigenvalue weighted by molar-refractivity contribution is 9.10. The van der Waals surface area contributed by atoms with E-state index in [2.05, 4.69) is 55.7 Å². The molecular weight excluding hydrogens is 416 g/mol. The van der Waals surface area contributed by atoms with Crippen LogP contribution in [0.2, 0.25) is 5.02 Å². The number of carbonyl (C=O) groups is 1. The minimum atomic E-state index is -0.194. The van der Waals surface area contributed by atoms with E-state index in [0.29, 0.717) is 17.3 Å². The quantitative estimate of drug-likeness (QED) is 0.672. The smallest absolute Gasteiger partial charge is 0.319 e. The molecule has 2 amide bonds. The molecule has 0 spiro atoms. The average Bonchev–Trinajstić information content (AvgIpc) is 2.63. The van der Waals surface area contributed by atoms with Gasteiger partial charge in [0.05, 0.1) is 39.3 Å². The van der Waals surface area contributed by atoms with Gasteiger partial charge in [-0.3, -0.25) is 0 Å². The van der Waals surface area contributed by atoms with E-state index in [1.165, 1.54) is 10.6 Å². The van der Waals surface area contributed by atoms with Crippen molar-refractivity contribution in [3.63, 3.8) is 0 Å². The number of amides is 2. The number of hydrogen-bond donors (Lipinski definition) is 3. The summed E-state index contributed by atoms with van der Waals surface area (Å²) in [6, 6.07) is 15.4. The molecule has 138 valence electrons. The van der Waals surface area contributed by atoms with Crippen LogP contribution < -0.4 is 20.4 Å². The number of halogens is 2. The third-order valence-corrected chi connectivity index (χ3v) is 5.27. The number of urea groups is 1. The van der Waals surface area contributed by atoms with Crippen molar-refractivity contribution in [1.29, 1.82) is 0 Å². The first-order valence-corrected chi connectivity index (χ1v) is 9.92. The van der Waals surface area contributed by atoms with Crippen LogP contribution in [0.15, 0.2) is 53.0 Å². The van der Waals surface area contributed by atoms with Crippen LogP contribution >= 0.6 is 27.5 Å². The molecule has 3 N–H and O–H groups in total. The van der Waals surface area contributed by atoms with Crippen molar-refractivity contribution in [3.05, 3.63) is 58.0 Å². The van der Waals surface area contributed by atoms with Crippen LogP contribution in [0.4, 0.5) is 16.2 Å². The Labute approximate surface area is 167 Å². The Morgan fingerprint density at radius 1 is 1.15 bits per heavy atom. The lowest BCUT2D eigenvalue weighted by Gasteiger charge is -2.33. The fraction of sp³-hybridized carbons (Fsp3) is 0.316. The van der Waals surface area contributed by atoms with Gasteiger partial charge in [-0.15, -0.1) is 0 Å². The number of benzene rings is 2. The van der Waals surface area contributed by atoms with Gasteiger partial charge < -0.3 is 20.4 Å². The molecule has 1 saturated heterocycles. The van der Waals surface area contributed by atoms with E-state index in [9.17, 15) is 4.79 Å². The molecule has 0 saturated carbocycles. The van der Waals surface area contributed by atoms with E-state index < -0.39 is 0 Å². The summed E-state index contributed by atoms with van der Waals surface area (Å²) in [5.41, 5.74) is 1.97. The standard InChI is InChI=1S/C19H22BrClN4O/c20-15-4-6-18(7-5-15)25-12-10-24(11-13-25)9-8-22-19(26)23-17-3-1-2-16(21)14-17/h1-7,14H,8-13H2,(H2,22,23,26)/p+1. The molecule has 0 aliphatic carbocycles. The number of hydrogen-bond acceptors (Lipinski definition) is 2. The number of anilines is 2. The largest absolute Gasteiger partial charge is 0.360 e. The second-order valence-electron chi connectivity index (χ2n) is 6.35. The van der Waals surface area contributed by atoms with Gasteiger partial charge in [-0.1, -0.05) is 33.6 Å². The minimum absolute atomic E-state index is 0.194. The van der Waals surface area contributed by atoms with Gasteiger partial charge in [0.25, 0.3) is 0 Å². The van der Waals surface area contributed by atoms with Crippen molar-refractivity contribution < 1.29 is 9.69 Å². The maximum Gasteiger partial charge on any atom is 0.319 e. The highest BCUT2D eigenvalue weighted by Gasteiger charge is 2.19. The van der Waals surface area contributed by atoms with E-state index in [-0.39, 0.29) is 6.03 Å². The molecule has 0 aromatic heterocycles. The Morgan fingerprint density at radius 2 is 1.88 bits per heavy atom. The Kier molecular flexibility index (Phi) is 6.77. The molecule has 0 unspecified atom stereocenters. The first kappa shape index (κ1) is 19.0. The van der Waals surface area contributed by atoms with Crippen molar-refractivity contribution in [2.75, 3.05) is 49.5 Å². The fourth-order valence-electron chi connectivity index (χ4n) is 3.08. The third-order valence-electron chi connectivity index (χ3n) is 4.51. The summed E-state index contributed by atoms with van der Waals surface area (Å²) in [6.07, 6.45) is 0. The molecule has 7 heteroatoms. The number of carbonyl (C=O) groups excluding carboxylic acids is 1. The molecule has 0 atom stereocenters. The number of piperazine rings is 1. The van der Waals surface area contributed by atoms with Crippen molar-refractivity contribution in [2.45, 2.75) is 0 Å². The number of quaternary nitrogens is 1. The summed E-state index contributed by atoms with van der Waals surface area (Å²) in [4.78, 5) is 15.9. The highest BCUT2D eigenvalue weighted by atomic mass is 79.9. The fourth-order valence-corrected chi connectivity index (χ4v) is 3.53. The molecule has 3 rings (SSSR count). The molecule has 1 aliphatic heterocycles. The number of nitrogens with one attached hydrogen (secondary N) is 3. The zero-order valence-electron chi connectivity index (χ0n) is 14.5. The van der Waals surface area contributed by atoms with Crippen molar-refractivity contribution in [1.82, 2.24) is 5.32 Å². The number of nitrogens with zero attached hydrogens (tertiary/aromatic N) is 1. The van der Waals surface area contributed by atoms with Gasteiger partial charge in [0.15, 0.2) is 0 Å². The third kappa shape index (κ3) is 5.62. The second-order valence-corrected chi connectivity index (χ2v) is 7.71. The van der Waals surface area contributed by atoms with E-state index >= 15 is 0 Å². The summed E-state index contributed by atoms with van der Waals surface area (Å²) in [7, 11) is 0. The van der Waals surface area contributed by atoms with Gasteiger partial charge in [-0.2, -0.15) is 0 Å². The van der Waals surface area contributed by atoms with Gasteiger partial charge in [-0.25, -0.2) is 4.79 Å². The molecule has 2 aromatic carbocycles. The van der Waals surface area contributed by atoms with Gasteiger partial charge in [-0.05, 0) is 42.5 Å². The summed E-state index contributed by atoms with van der Waals surface area (Å²) < 4.78 is 1.10. The van der Waals surface area contributed by atoms with Crippen LogP contribution in [0.25, 0.3) is 0 Å². The lowest BCUT2D eigenvalue weighted by molar-refractivity contribution is -0.899. The highest BCUT2D eigenvalue weighted by Crippen LogP contribution is 2.18. The molecular formula is C19H23BrClN4O+. The van der Waals surface area contributed by atoms with Crippen molar-refractivity contribution in [2.24, 2.45) is 0 Å². The zero-order chi connectivity index (χ0) is 18.4. The van der Waals surface area contributed by atoms with E-state index in [1.807, 2.05) is 12.1 Å². The summed E-state index contributed by atoms with van der Waals surface area (Å²) >= 11 is 9.39. The van der Waals surface area contributed by atoms with Gasteiger partial charge in [0, 0.05) is 20.9 Å². The molecule has 5 nitrogen and oxygen atoms in total. The Hall–Kier alpha value is -1.76. The SMILES string of the molecule is O=C(NCC[NH+]1CCN(c2ccc(Br)cc2)CC1)Nc1cccc(Cl)c1. The van der Waals surface area contributed by atoms with Crippen LogP contribution in [0, 0.1) is 0 Å². The lowest BCUT2D eigenvalue weighted by atomic mass is 10.2. The van der Waals surface area contributed by atoms with Gasteiger partial charge in [0.1, 0.15) is 0 Å². The second kappa shape index (κ2) is 9.26. The zero-order valence-corrected chi connectivity index (χ0v) is 16.8. The van der Waals surface area contributed by atoms with Crippen molar-refractivity contribution in [3.8, 4) is 0 Å². The first-order chi connectivity index (χ1) is 12.6. The van der Waals surface area contributed by atoms with E-state index in [1.54, 1.807) is 12.1 Å². The maximum absolute atomic E-state index is 11.9. The molecule has 0 bridgehead atoms. The predicted molar refractivity (Wildman–Crippen MR) is 110 cm³/mol. The molecule has 1 aliphatic rings. The van der Waals surface area contributed by atoms with Crippen LogP contribution in [0.5, 0.6) is 0 Å². The van der Waals surface area contributed by atoms with Crippen molar-refractivity contribution >= 4 is 44.9 Å². The Morgan fingerprint density at radius 3 is 2.58 bits per heavy atom. The van der Waals surface area contributed by atoms with Crippen LogP contribution in [0.3, 0.4) is 0 Å². The first-order valence-electron chi connectivity index (χ1n) is 8.75. The summed E-state index contributed by atoms with van der Waals surface area (Å²) in [5, 5.41) is 6.32. The van der Waals surface area contributed by atoms with E-state index in [0.717, 1.165) is 37.2 Å². The summed E-state index contributed by atoms with van der Waals surface area (Å²) in [5.74, 6) is 0. The molecule has 26 heavy (non-hydrogen) atoms. The molecule has 1 heterocycles. The number of rotatable bonds is 5.